The Hall–Kier alpha value is -8.80. The zero-order valence-corrected chi connectivity index (χ0v) is 58.5. The molecule has 101 heavy (non-hydrogen) atoms. The maximum atomic E-state index is 14.3. The summed E-state index contributed by atoms with van der Waals surface area (Å²) in [4.78, 5) is 211. The van der Waals surface area contributed by atoms with Crippen molar-refractivity contribution in [2.24, 2.45) is 11.5 Å². The van der Waals surface area contributed by atoms with Gasteiger partial charge in [-0.2, -0.15) is 23.5 Å². The number of benzene rings is 1. The highest BCUT2D eigenvalue weighted by molar-refractivity contribution is 7.98. The number of aliphatic carboxylic acids is 1. The van der Waals surface area contributed by atoms with E-state index in [1.165, 1.54) is 35.3 Å². The molecule has 0 bridgehead atoms. The van der Waals surface area contributed by atoms with E-state index in [2.05, 4.69) is 63.8 Å². The van der Waals surface area contributed by atoms with Crippen LogP contribution >= 0.6 is 23.5 Å². The highest BCUT2D eigenvalue weighted by Gasteiger charge is 2.38. The molecular weight excluding hydrogens is 1370 g/mol. The van der Waals surface area contributed by atoms with E-state index >= 15 is 0 Å². The second-order valence-corrected chi connectivity index (χ2v) is 25.2. The molecule has 0 aliphatic carbocycles. The van der Waals surface area contributed by atoms with Crippen molar-refractivity contribution in [2.75, 3.05) is 89.7 Å². The molecule has 1 aliphatic rings. The molecule has 1 aliphatic heterocycles. The SMILES string of the molecule is CSCC[C@H](NC=O)C(=O)N[C@@H](CCCCN)C(=O)N[C@@H](C)C(=O)NCC(=O)N1CCC[C@H]1C(=O)NCC(=O)N[C@@H](Cc1ccccc1)C(=O)N[C@@H](CCSC)C(=O)N[C@H](C(=O)N[C@@H](CCCCN)C(=O)N[C@@H](CO)C(=O)NCC(=O)N[C@@H](CO)C(=O)NCC(=O)N[C@@H](CO)C(=O)O)[C@@H](C)O. The smallest absolute Gasteiger partial charge is 0.328 e. The minimum atomic E-state index is -1.81. The number of hydrogen-bond acceptors (Lipinski definition) is 24. The van der Waals surface area contributed by atoms with Gasteiger partial charge in [0.2, 0.25) is 89.1 Å². The maximum absolute atomic E-state index is 14.3. The number of thioether (sulfide) groups is 2. The second kappa shape index (κ2) is 48.9. The molecule has 40 heteroatoms. The molecule has 12 atom stereocenters. The number of rotatable bonds is 50. The minimum Gasteiger partial charge on any atom is -0.480 e. The molecule has 38 nitrogen and oxygen atoms in total. The van der Waals surface area contributed by atoms with Crippen LogP contribution in [0, 0.1) is 0 Å². The summed E-state index contributed by atoms with van der Waals surface area (Å²) in [5.74, 6) is -13.5. The fourth-order valence-electron chi connectivity index (χ4n) is 9.74. The molecule has 0 radical (unpaired) electrons. The molecule has 1 aromatic carbocycles. The third-order valence-electron chi connectivity index (χ3n) is 15.4. The number of nitrogens with one attached hydrogen (secondary N) is 14. The summed E-state index contributed by atoms with van der Waals surface area (Å²) in [7, 11) is 0. The van der Waals surface area contributed by atoms with Crippen molar-refractivity contribution in [3.8, 4) is 0 Å². The van der Waals surface area contributed by atoms with Crippen LogP contribution < -0.4 is 85.9 Å². The fraction of sp³-hybridized carbons (Fsp3) is 0.639. The summed E-state index contributed by atoms with van der Waals surface area (Å²) >= 11 is 2.74. The average molecular weight is 1470 g/mol. The van der Waals surface area contributed by atoms with Crippen LogP contribution in [-0.4, -0.2) is 288 Å². The standard InChI is InChI=1S/C61H99N17O21S2/c1-34(69-55(92)38(15-8-10-20-62)73-54(91)37(68-33-82)18-23-100-3)51(88)67-29-49(87)78-22-12-17-45(78)59(96)66-28-46(84)70-41(25-36-13-6-5-7-14-36)58(95)74-40(19-24-101-4)57(94)77-50(35(2)83)60(97)75-39(16-9-11-21-63)56(93)76-43(31-80)53(90)65-26-47(85)71-42(30-79)52(89)64-27-48(86)72-44(32-81)61(98)99/h5-7,13-14,33-35,37-45,50,79-81,83H,8-12,15-32,62-63H2,1-4H3,(H,64,89)(H,65,90)(H,66,96)(H,67,88)(H,68,82)(H,69,92)(H,70,84)(H,71,85)(H,72,86)(H,73,91)(H,74,95)(H,75,97)(H,76,93)(H,77,94)(H,98,99)/t34-,35+,37-,38-,39-,40-,41-,42-,43-,44-,45-,50-/m0/s1. The first-order valence-corrected chi connectivity index (χ1v) is 35.4. The van der Waals surface area contributed by atoms with Crippen LogP contribution in [0.2, 0.25) is 0 Å². The van der Waals surface area contributed by atoms with Gasteiger partial charge in [0, 0.05) is 13.0 Å². The van der Waals surface area contributed by atoms with E-state index in [-0.39, 0.29) is 57.4 Å². The zero-order valence-electron chi connectivity index (χ0n) is 56.8. The number of carboxylic acids is 1. The van der Waals surface area contributed by atoms with Gasteiger partial charge in [-0.1, -0.05) is 30.3 Å². The van der Waals surface area contributed by atoms with E-state index in [0.717, 1.165) is 6.92 Å². The number of aliphatic hydroxyl groups is 4. The third kappa shape index (κ3) is 33.0. The van der Waals surface area contributed by atoms with Crippen LogP contribution in [-0.2, 0) is 83.1 Å². The summed E-state index contributed by atoms with van der Waals surface area (Å²) in [6, 6.07) is -7.23. The van der Waals surface area contributed by atoms with Gasteiger partial charge in [0.05, 0.1) is 52.1 Å². The van der Waals surface area contributed by atoms with Crippen molar-refractivity contribution in [1.82, 2.24) is 79.3 Å². The number of hydrogen-bond donors (Lipinski definition) is 21. The predicted molar refractivity (Wildman–Crippen MR) is 365 cm³/mol. The molecule has 1 fully saturated rings. The van der Waals surface area contributed by atoms with Gasteiger partial charge in [0.1, 0.15) is 66.5 Å². The number of likely N-dealkylation sites (tertiary alicyclic amines) is 1. The molecule has 1 aromatic rings. The lowest BCUT2D eigenvalue weighted by Crippen LogP contribution is -2.62. The number of amides is 15. The van der Waals surface area contributed by atoms with Gasteiger partial charge < -0.3 is 116 Å². The largest absolute Gasteiger partial charge is 0.480 e. The number of nitrogens with two attached hydrogens (primary N) is 2. The van der Waals surface area contributed by atoms with Gasteiger partial charge in [-0.15, -0.1) is 0 Å². The van der Waals surface area contributed by atoms with Crippen molar-refractivity contribution in [3.63, 3.8) is 0 Å². The van der Waals surface area contributed by atoms with Crippen LogP contribution in [0.5, 0.6) is 0 Å². The van der Waals surface area contributed by atoms with Crippen molar-refractivity contribution in [1.29, 1.82) is 0 Å². The quantitative estimate of drug-likeness (QED) is 0.0213. The van der Waals surface area contributed by atoms with Crippen LogP contribution in [0.15, 0.2) is 30.3 Å². The number of nitrogens with zero attached hydrogens (tertiary/aromatic N) is 1. The summed E-state index contributed by atoms with van der Waals surface area (Å²) in [6.07, 6.45) is 4.45. The molecule has 1 heterocycles. The molecule has 566 valence electrons. The highest BCUT2D eigenvalue weighted by atomic mass is 32.2. The third-order valence-corrected chi connectivity index (χ3v) is 16.7. The lowest BCUT2D eigenvalue weighted by molar-refractivity contribution is -0.143. The molecule has 23 N–H and O–H groups in total. The maximum Gasteiger partial charge on any atom is 0.328 e. The molecule has 0 saturated carbocycles. The molecule has 0 spiro atoms. The van der Waals surface area contributed by atoms with E-state index < -0.39 is 207 Å². The van der Waals surface area contributed by atoms with Crippen LogP contribution in [0.4, 0.5) is 0 Å². The molecule has 0 unspecified atom stereocenters. The Balaban J connectivity index is 2.17. The Kier molecular flexibility index (Phi) is 42.7. The number of carbonyl (C=O) groups is 16. The van der Waals surface area contributed by atoms with E-state index in [1.54, 1.807) is 36.6 Å². The first-order chi connectivity index (χ1) is 48.1. The number of aliphatic hydroxyl groups excluding tert-OH is 4. The van der Waals surface area contributed by atoms with Crippen LogP contribution in [0.25, 0.3) is 0 Å². The van der Waals surface area contributed by atoms with Crippen molar-refractivity contribution < 1.29 is 102 Å². The molecule has 15 amide bonds. The predicted octanol–water partition coefficient (Wildman–Crippen LogP) is -9.61. The number of unbranched alkanes of at least 4 members (excludes halogenated alkanes) is 2. The molecular formula is C61H99N17O21S2. The minimum absolute atomic E-state index is 0.0665. The van der Waals surface area contributed by atoms with Gasteiger partial charge in [0.25, 0.3) is 0 Å². The summed E-state index contributed by atoms with van der Waals surface area (Å²) in [5.41, 5.74) is 11.9. The lowest BCUT2D eigenvalue weighted by atomic mass is 10.0. The van der Waals surface area contributed by atoms with E-state index in [1.807, 2.05) is 16.9 Å². The topological polar surface area (TPSA) is 598 Å². The normalized spacial score (nSPS) is 15.7. The average Bonchev–Trinajstić information content (AvgIpc) is 1.84. The summed E-state index contributed by atoms with van der Waals surface area (Å²) in [5, 5.41) is 81.8. The zero-order chi connectivity index (χ0) is 75.6. The fourth-order valence-corrected chi connectivity index (χ4v) is 10.7. The second-order valence-electron chi connectivity index (χ2n) is 23.2. The van der Waals surface area contributed by atoms with Gasteiger partial charge in [-0.05, 0) is 121 Å². The monoisotopic (exact) mass is 1470 g/mol. The summed E-state index contributed by atoms with van der Waals surface area (Å²) < 4.78 is 0. The number of carboxylic acid groups (broad SMARTS) is 1. The number of carbonyl (C=O) groups excluding carboxylic acids is 15. The molecule has 2 rings (SSSR count). The first kappa shape index (κ1) is 88.3. The van der Waals surface area contributed by atoms with E-state index in [0.29, 0.717) is 56.4 Å². The van der Waals surface area contributed by atoms with E-state index in [4.69, 9.17) is 21.7 Å². The van der Waals surface area contributed by atoms with Gasteiger partial charge >= 0.3 is 5.97 Å². The van der Waals surface area contributed by atoms with Crippen molar-refractivity contribution >= 4 is 119 Å². The molecule has 0 aromatic heterocycles. The first-order valence-electron chi connectivity index (χ1n) is 32.6. The van der Waals surface area contributed by atoms with Crippen molar-refractivity contribution in [2.45, 2.75) is 157 Å². The Labute approximate surface area is 591 Å². The Bertz CT molecular complexity index is 2930. The summed E-state index contributed by atoms with van der Waals surface area (Å²) in [6.45, 7) is -2.94. The highest BCUT2D eigenvalue weighted by Crippen LogP contribution is 2.18. The van der Waals surface area contributed by atoms with Gasteiger partial charge in [0.15, 0.2) is 0 Å². The van der Waals surface area contributed by atoms with Crippen molar-refractivity contribution in [3.05, 3.63) is 35.9 Å². The Morgan fingerprint density at radius 1 is 0.515 bits per heavy atom. The van der Waals surface area contributed by atoms with Gasteiger partial charge in [-0.3, -0.25) is 71.9 Å². The Morgan fingerprint density at radius 3 is 1.46 bits per heavy atom. The van der Waals surface area contributed by atoms with Crippen LogP contribution in [0.3, 0.4) is 0 Å². The van der Waals surface area contributed by atoms with E-state index in [9.17, 15) is 92.0 Å². The van der Waals surface area contributed by atoms with Gasteiger partial charge in [-0.25, -0.2) is 4.79 Å². The Morgan fingerprint density at radius 2 is 0.950 bits per heavy atom. The lowest BCUT2D eigenvalue weighted by Gasteiger charge is -2.28. The van der Waals surface area contributed by atoms with Crippen LogP contribution in [0.1, 0.15) is 83.6 Å². The molecule has 1 saturated heterocycles.